The molecule has 2 aliphatic heterocycles. The molecule has 42 heavy (non-hydrogen) atoms. The quantitative estimate of drug-likeness (QED) is 0.154. The lowest BCUT2D eigenvalue weighted by atomic mass is 10.0. The number of rotatable bonds is 9. The van der Waals surface area contributed by atoms with E-state index in [1.807, 2.05) is 84.9 Å². The average molecular weight is 597 g/mol. The summed E-state index contributed by atoms with van der Waals surface area (Å²) in [6.07, 6.45) is 4.40. The molecular weight excluding hydrogens is 565 g/mol. The summed E-state index contributed by atoms with van der Waals surface area (Å²) in [6.45, 7) is 4.95. The Kier molecular flexibility index (Phi) is 8.18. The number of amides is 2. The Balaban J connectivity index is 1.44. The minimum atomic E-state index is -0.407. The van der Waals surface area contributed by atoms with Crippen molar-refractivity contribution in [2.75, 3.05) is 16.6 Å². The zero-order valence-electron chi connectivity index (χ0n) is 23.6. The molecule has 1 atom stereocenters. The molecule has 2 amide bonds. The second kappa shape index (κ2) is 12.2. The fourth-order valence-electron chi connectivity index (χ4n) is 5.34. The van der Waals surface area contributed by atoms with E-state index < -0.39 is 11.8 Å². The van der Waals surface area contributed by atoms with E-state index in [1.54, 1.807) is 0 Å². The maximum atomic E-state index is 14.1. The van der Waals surface area contributed by atoms with Gasteiger partial charge >= 0.3 is 0 Å². The Morgan fingerprint density at radius 1 is 0.762 bits per heavy atom. The highest BCUT2D eigenvalue weighted by molar-refractivity contribution is 8.25. The van der Waals surface area contributed by atoms with Gasteiger partial charge in [-0.25, -0.2) is 10.0 Å². The molecule has 2 heterocycles. The van der Waals surface area contributed by atoms with E-state index in [2.05, 4.69) is 13.8 Å². The number of hydrogen-bond acceptors (Lipinski definition) is 6. The first kappa shape index (κ1) is 28.2. The van der Waals surface area contributed by atoms with Gasteiger partial charge in [0.2, 0.25) is 0 Å². The number of para-hydroxylation sites is 2. The van der Waals surface area contributed by atoms with Crippen molar-refractivity contribution in [3.8, 4) is 11.5 Å². The number of unbranched alkanes of at least 4 members (excludes halogenated alkanes) is 1. The van der Waals surface area contributed by atoms with Crippen LogP contribution >= 0.6 is 23.5 Å². The number of ether oxygens (including phenoxy) is 1. The average Bonchev–Trinajstić information content (AvgIpc) is 3.57. The third-order valence-corrected chi connectivity index (χ3v) is 10.3. The number of anilines is 2. The summed E-state index contributed by atoms with van der Waals surface area (Å²) in [6, 6.07) is 26.0. The third-order valence-electron chi connectivity index (χ3n) is 7.67. The number of hydrogen-bond donors (Lipinski definition) is 1. The summed E-state index contributed by atoms with van der Waals surface area (Å²) >= 11 is 2.59. The minimum Gasteiger partial charge on any atom is -0.506 e. The maximum absolute atomic E-state index is 14.1. The molecule has 0 saturated carbocycles. The molecule has 6 rings (SSSR count). The number of fused-ring (bicyclic) bond motifs is 2. The summed E-state index contributed by atoms with van der Waals surface area (Å²) in [5.41, 5.74) is 1.27. The number of nitrogens with zero attached hydrogens (tertiary/aromatic N) is 2. The standard InChI is InChI=1S/C34H32N2O4S2/c1-3-5-14-22(4-2)21-40-29-26-20-13-12-19-25(26)28(37)30-31(29)42-34(41-30)27-32(38)35(23-15-8-6-9-16-23)36(33(27)39)24-17-10-7-11-18-24/h6-13,15-20,22,37H,3-5,14,21H2,1-2H3. The van der Waals surface area contributed by atoms with E-state index in [-0.39, 0.29) is 11.3 Å². The second-order valence-electron chi connectivity index (χ2n) is 10.4. The van der Waals surface area contributed by atoms with E-state index in [9.17, 15) is 14.7 Å². The fraction of sp³-hybridized carbons (Fsp3) is 0.235. The molecule has 0 bridgehead atoms. The molecule has 4 aromatic rings. The molecule has 0 aliphatic carbocycles. The number of carbonyl (C=O) groups excluding carboxylic acids is 2. The summed E-state index contributed by atoms with van der Waals surface area (Å²) in [4.78, 5) is 29.5. The number of phenols is 1. The van der Waals surface area contributed by atoms with Crippen LogP contribution in [-0.2, 0) is 9.59 Å². The van der Waals surface area contributed by atoms with Crippen molar-refractivity contribution >= 4 is 57.5 Å². The van der Waals surface area contributed by atoms with E-state index in [0.717, 1.165) is 36.0 Å². The first-order chi connectivity index (χ1) is 20.5. The lowest BCUT2D eigenvalue weighted by Crippen LogP contribution is -2.41. The molecule has 0 spiro atoms. The molecule has 6 nitrogen and oxygen atoms in total. The van der Waals surface area contributed by atoms with Crippen LogP contribution in [0.15, 0.2) is 105 Å². The Labute approximate surface area is 254 Å². The topological polar surface area (TPSA) is 70.1 Å². The highest BCUT2D eigenvalue weighted by atomic mass is 32.2. The zero-order chi connectivity index (χ0) is 29.2. The summed E-state index contributed by atoms with van der Waals surface area (Å²) in [5.74, 6) is 0.433. The van der Waals surface area contributed by atoms with E-state index in [4.69, 9.17) is 4.74 Å². The summed E-state index contributed by atoms with van der Waals surface area (Å²) < 4.78 is 7.09. The van der Waals surface area contributed by atoms with Crippen molar-refractivity contribution in [3.63, 3.8) is 0 Å². The molecule has 1 fully saturated rings. The SMILES string of the molecule is CCCCC(CC)COc1c2c(c(O)c3ccccc13)SC(=C1C(=O)N(c3ccccc3)N(c3ccccc3)C1=O)S2. The maximum Gasteiger partial charge on any atom is 0.284 e. The van der Waals surface area contributed by atoms with Crippen molar-refractivity contribution in [2.24, 2.45) is 5.92 Å². The monoisotopic (exact) mass is 596 g/mol. The van der Waals surface area contributed by atoms with Crippen molar-refractivity contribution in [1.82, 2.24) is 0 Å². The number of thioether (sulfide) groups is 2. The minimum absolute atomic E-state index is 0.0812. The molecule has 8 heteroatoms. The van der Waals surface area contributed by atoms with Crippen LogP contribution < -0.4 is 14.8 Å². The van der Waals surface area contributed by atoms with Gasteiger partial charge in [-0.2, -0.15) is 0 Å². The molecule has 4 aromatic carbocycles. The fourth-order valence-corrected chi connectivity index (χ4v) is 8.03. The molecule has 0 aromatic heterocycles. The van der Waals surface area contributed by atoms with Crippen LogP contribution in [0.5, 0.6) is 11.5 Å². The molecule has 214 valence electrons. The highest BCUT2D eigenvalue weighted by Crippen LogP contribution is 2.62. The largest absolute Gasteiger partial charge is 0.506 e. The van der Waals surface area contributed by atoms with Gasteiger partial charge in [0.1, 0.15) is 17.1 Å². The lowest BCUT2D eigenvalue weighted by Gasteiger charge is -2.27. The molecule has 1 unspecified atom stereocenters. The number of phenolic OH excluding ortho intramolecular Hbond substituents is 1. The van der Waals surface area contributed by atoms with Gasteiger partial charge in [0, 0.05) is 10.8 Å². The first-order valence-electron chi connectivity index (χ1n) is 14.3. The van der Waals surface area contributed by atoms with Crippen molar-refractivity contribution in [3.05, 3.63) is 94.7 Å². The van der Waals surface area contributed by atoms with Crippen LogP contribution in [0.4, 0.5) is 11.4 Å². The van der Waals surface area contributed by atoms with Crippen LogP contribution in [0, 0.1) is 5.92 Å². The van der Waals surface area contributed by atoms with Crippen molar-refractivity contribution in [2.45, 2.75) is 49.3 Å². The number of aromatic hydroxyl groups is 1. The Morgan fingerprint density at radius 2 is 1.31 bits per heavy atom. The zero-order valence-corrected chi connectivity index (χ0v) is 25.2. The van der Waals surface area contributed by atoms with Gasteiger partial charge in [-0.15, -0.1) is 0 Å². The summed E-state index contributed by atoms with van der Waals surface area (Å²) in [5, 5.41) is 15.7. The van der Waals surface area contributed by atoms with Gasteiger partial charge < -0.3 is 9.84 Å². The van der Waals surface area contributed by atoms with Crippen molar-refractivity contribution in [1.29, 1.82) is 0 Å². The van der Waals surface area contributed by atoms with Gasteiger partial charge in [0.25, 0.3) is 11.8 Å². The molecule has 1 saturated heterocycles. The molecule has 1 N–H and O–H groups in total. The second-order valence-corrected chi connectivity index (χ2v) is 12.7. The third kappa shape index (κ3) is 5.03. The summed E-state index contributed by atoms with van der Waals surface area (Å²) in [7, 11) is 0. The van der Waals surface area contributed by atoms with Crippen LogP contribution in [0.25, 0.3) is 10.8 Å². The smallest absolute Gasteiger partial charge is 0.284 e. The van der Waals surface area contributed by atoms with E-state index >= 15 is 0 Å². The Morgan fingerprint density at radius 3 is 1.88 bits per heavy atom. The van der Waals surface area contributed by atoms with Crippen LogP contribution in [0.3, 0.4) is 0 Å². The normalized spacial score (nSPS) is 15.6. The van der Waals surface area contributed by atoms with Gasteiger partial charge in [0.15, 0.2) is 0 Å². The molecule has 2 aliphatic rings. The predicted octanol–water partition coefficient (Wildman–Crippen LogP) is 8.55. The van der Waals surface area contributed by atoms with Crippen LogP contribution in [0.1, 0.15) is 39.5 Å². The van der Waals surface area contributed by atoms with E-state index in [0.29, 0.717) is 44.2 Å². The van der Waals surface area contributed by atoms with Gasteiger partial charge in [0.05, 0.1) is 32.0 Å². The van der Waals surface area contributed by atoms with Crippen molar-refractivity contribution < 1.29 is 19.4 Å². The first-order valence-corrected chi connectivity index (χ1v) is 16.0. The Bertz CT molecular complexity index is 1610. The van der Waals surface area contributed by atoms with E-state index in [1.165, 1.54) is 33.5 Å². The van der Waals surface area contributed by atoms with Gasteiger partial charge in [-0.1, -0.05) is 117 Å². The van der Waals surface area contributed by atoms with Gasteiger partial charge in [-0.3, -0.25) is 9.59 Å². The number of hydrazine groups is 1. The lowest BCUT2D eigenvalue weighted by molar-refractivity contribution is -0.116. The van der Waals surface area contributed by atoms with Gasteiger partial charge in [-0.05, 0) is 36.6 Å². The van der Waals surface area contributed by atoms with Crippen LogP contribution in [0.2, 0.25) is 0 Å². The highest BCUT2D eigenvalue weighted by Gasteiger charge is 2.46. The Hall–Kier alpha value is -3.88. The predicted molar refractivity (Wildman–Crippen MR) is 171 cm³/mol. The molecule has 0 radical (unpaired) electrons. The van der Waals surface area contributed by atoms with Crippen LogP contribution in [-0.4, -0.2) is 23.5 Å². The number of benzene rings is 4. The molecular formula is C34H32N2O4S2. The number of carbonyl (C=O) groups is 2.